The summed E-state index contributed by atoms with van der Waals surface area (Å²) in [4.78, 5) is 23.3. The Kier molecular flexibility index (Phi) is 4.66. The Morgan fingerprint density at radius 1 is 1.06 bits per heavy atom. The van der Waals surface area contributed by atoms with Crippen LogP contribution in [0.3, 0.4) is 0 Å². The van der Waals surface area contributed by atoms with Crippen molar-refractivity contribution in [1.29, 1.82) is 0 Å². The molecule has 162 valence electrons. The summed E-state index contributed by atoms with van der Waals surface area (Å²) in [6, 6.07) is 9.55. The Hall–Kier alpha value is -4.14. The zero-order valence-electron chi connectivity index (χ0n) is 18.1. The number of methoxy groups -OCH3 is 2. The molecule has 0 aliphatic carbocycles. The molecule has 0 N–H and O–H groups in total. The highest BCUT2D eigenvalue weighted by atomic mass is 16.5. The Morgan fingerprint density at radius 2 is 1.84 bits per heavy atom. The number of aromatic nitrogens is 4. The van der Waals surface area contributed by atoms with E-state index in [0.29, 0.717) is 28.8 Å². The van der Waals surface area contributed by atoms with Gasteiger partial charge in [0, 0.05) is 37.0 Å². The number of hydrogen-bond donors (Lipinski definition) is 0. The van der Waals surface area contributed by atoms with E-state index < -0.39 is 0 Å². The molecule has 9 heteroatoms. The van der Waals surface area contributed by atoms with Crippen LogP contribution in [0.5, 0.6) is 11.5 Å². The zero-order valence-corrected chi connectivity index (χ0v) is 18.1. The highest BCUT2D eigenvalue weighted by molar-refractivity contribution is 6.11. The number of anilines is 2. The first-order valence-corrected chi connectivity index (χ1v) is 9.94. The van der Waals surface area contributed by atoms with E-state index in [1.807, 2.05) is 44.4 Å². The van der Waals surface area contributed by atoms with Crippen molar-refractivity contribution in [3.05, 3.63) is 54.0 Å². The van der Waals surface area contributed by atoms with Crippen molar-refractivity contribution in [2.24, 2.45) is 7.05 Å². The predicted octanol–water partition coefficient (Wildman–Crippen LogP) is 3.49. The second kappa shape index (κ2) is 7.52. The van der Waals surface area contributed by atoms with Crippen molar-refractivity contribution in [3.63, 3.8) is 0 Å². The minimum Gasteiger partial charge on any atom is -0.493 e. The fraction of sp³-hybridized carbons (Fsp3) is 0.217. The summed E-state index contributed by atoms with van der Waals surface area (Å²) in [5.74, 6) is 2.08. The number of ether oxygens (including phenoxy) is 3. The van der Waals surface area contributed by atoms with Crippen molar-refractivity contribution in [2.45, 2.75) is 6.61 Å². The SMILES string of the molecule is COc1cc2cc3c(c(-c4ccc(N(C)c5ncn(C)n5)nc4)c2cc1OC)C(=O)OC3. The summed E-state index contributed by atoms with van der Waals surface area (Å²) in [5, 5.41) is 6.09. The Labute approximate surface area is 184 Å². The van der Waals surface area contributed by atoms with E-state index >= 15 is 0 Å². The molecular weight excluding hydrogens is 410 g/mol. The molecule has 0 radical (unpaired) electrons. The lowest BCUT2D eigenvalue weighted by molar-refractivity contribution is 0.0535. The number of aryl methyl sites for hydroxylation is 1. The first-order chi connectivity index (χ1) is 15.5. The molecule has 0 saturated carbocycles. The summed E-state index contributed by atoms with van der Waals surface area (Å²) in [7, 11) is 6.84. The van der Waals surface area contributed by atoms with Crippen LogP contribution in [0.15, 0.2) is 42.9 Å². The summed E-state index contributed by atoms with van der Waals surface area (Å²) in [6.07, 6.45) is 3.37. The van der Waals surface area contributed by atoms with Gasteiger partial charge in [-0.2, -0.15) is 0 Å². The van der Waals surface area contributed by atoms with Gasteiger partial charge in [0.1, 0.15) is 18.8 Å². The molecule has 3 heterocycles. The normalized spacial score (nSPS) is 12.6. The number of esters is 1. The fourth-order valence-electron chi connectivity index (χ4n) is 3.96. The van der Waals surface area contributed by atoms with E-state index in [4.69, 9.17) is 14.2 Å². The molecule has 1 aliphatic rings. The first kappa shape index (κ1) is 19.8. The molecule has 0 unspecified atom stereocenters. The molecule has 0 fully saturated rings. The monoisotopic (exact) mass is 431 g/mol. The van der Waals surface area contributed by atoms with E-state index in [0.717, 1.165) is 27.5 Å². The Balaban J connectivity index is 1.67. The summed E-state index contributed by atoms with van der Waals surface area (Å²) in [5.41, 5.74) is 2.95. The van der Waals surface area contributed by atoms with Crippen LogP contribution >= 0.6 is 0 Å². The molecule has 5 rings (SSSR count). The smallest absolute Gasteiger partial charge is 0.339 e. The highest BCUT2D eigenvalue weighted by Crippen LogP contribution is 2.42. The van der Waals surface area contributed by atoms with Crippen LogP contribution in [0.4, 0.5) is 11.8 Å². The van der Waals surface area contributed by atoms with Gasteiger partial charge in [-0.05, 0) is 41.1 Å². The van der Waals surface area contributed by atoms with Crippen LogP contribution in [0.25, 0.3) is 21.9 Å². The van der Waals surface area contributed by atoms with Crippen LogP contribution in [-0.4, -0.2) is 47.0 Å². The molecular formula is C23H21N5O4. The quantitative estimate of drug-likeness (QED) is 0.444. The first-order valence-electron chi connectivity index (χ1n) is 9.94. The second-order valence-electron chi connectivity index (χ2n) is 7.47. The van der Waals surface area contributed by atoms with E-state index in [9.17, 15) is 4.79 Å². The van der Waals surface area contributed by atoms with Gasteiger partial charge in [0.25, 0.3) is 0 Å². The van der Waals surface area contributed by atoms with Crippen LogP contribution in [-0.2, 0) is 18.4 Å². The van der Waals surface area contributed by atoms with Gasteiger partial charge in [-0.25, -0.2) is 14.8 Å². The molecule has 2 aromatic carbocycles. The standard InChI is InChI=1S/C23H21N5O4/c1-27-12-25-23(26-27)28(2)19-6-5-13(10-24-19)20-16-9-18(31-4)17(30-3)8-14(16)7-15-11-32-22(29)21(15)20/h5-10,12H,11H2,1-4H3. The summed E-state index contributed by atoms with van der Waals surface area (Å²) in [6.45, 7) is 0.241. The molecule has 0 amide bonds. The zero-order chi connectivity index (χ0) is 22.4. The lowest BCUT2D eigenvalue weighted by atomic mass is 9.91. The number of carbonyl (C=O) groups is 1. The number of cyclic esters (lactones) is 1. The number of hydrogen-bond acceptors (Lipinski definition) is 8. The fourth-order valence-corrected chi connectivity index (χ4v) is 3.96. The van der Waals surface area contributed by atoms with Gasteiger partial charge >= 0.3 is 5.97 Å². The Bertz CT molecular complexity index is 1350. The molecule has 32 heavy (non-hydrogen) atoms. The molecule has 1 aliphatic heterocycles. The molecule has 0 spiro atoms. The van der Waals surface area contributed by atoms with Crippen molar-refractivity contribution < 1.29 is 19.0 Å². The van der Waals surface area contributed by atoms with E-state index in [1.54, 1.807) is 36.3 Å². The third kappa shape index (κ3) is 3.09. The van der Waals surface area contributed by atoms with E-state index in [2.05, 4.69) is 15.1 Å². The predicted molar refractivity (Wildman–Crippen MR) is 118 cm³/mol. The third-order valence-electron chi connectivity index (χ3n) is 5.56. The van der Waals surface area contributed by atoms with Gasteiger partial charge in [0.05, 0.1) is 19.8 Å². The van der Waals surface area contributed by atoms with Crippen LogP contribution < -0.4 is 14.4 Å². The minimum absolute atomic E-state index is 0.241. The maximum Gasteiger partial charge on any atom is 0.339 e. The Morgan fingerprint density at radius 3 is 2.50 bits per heavy atom. The summed E-state index contributed by atoms with van der Waals surface area (Å²) >= 11 is 0. The van der Waals surface area contributed by atoms with E-state index in [-0.39, 0.29) is 12.6 Å². The average molecular weight is 431 g/mol. The summed E-state index contributed by atoms with van der Waals surface area (Å²) < 4.78 is 17.9. The van der Waals surface area contributed by atoms with Crippen LogP contribution in [0.2, 0.25) is 0 Å². The molecule has 4 aromatic rings. The number of carbonyl (C=O) groups excluding carboxylic acids is 1. The maximum absolute atomic E-state index is 12.6. The van der Waals surface area contributed by atoms with Gasteiger partial charge in [0.15, 0.2) is 11.5 Å². The number of fused-ring (bicyclic) bond motifs is 2. The molecule has 2 aromatic heterocycles. The van der Waals surface area contributed by atoms with Crippen LogP contribution in [0, 0.1) is 0 Å². The lowest BCUT2D eigenvalue weighted by Crippen LogP contribution is -2.13. The largest absolute Gasteiger partial charge is 0.493 e. The maximum atomic E-state index is 12.6. The van der Waals surface area contributed by atoms with Gasteiger partial charge in [-0.3, -0.25) is 9.58 Å². The highest BCUT2D eigenvalue weighted by Gasteiger charge is 2.28. The minimum atomic E-state index is -0.342. The van der Waals surface area contributed by atoms with Gasteiger partial charge < -0.3 is 14.2 Å². The second-order valence-corrected chi connectivity index (χ2v) is 7.47. The number of pyridine rings is 1. The number of nitrogens with zero attached hydrogens (tertiary/aromatic N) is 5. The third-order valence-corrected chi connectivity index (χ3v) is 5.56. The van der Waals surface area contributed by atoms with Crippen molar-refractivity contribution in [2.75, 3.05) is 26.2 Å². The molecule has 0 atom stereocenters. The van der Waals surface area contributed by atoms with Crippen LogP contribution in [0.1, 0.15) is 15.9 Å². The lowest BCUT2D eigenvalue weighted by Gasteiger charge is -2.16. The van der Waals surface area contributed by atoms with Gasteiger partial charge in [-0.1, -0.05) is 0 Å². The number of benzene rings is 2. The molecule has 9 nitrogen and oxygen atoms in total. The van der Waals surface area contributed by atoms with Crippen molar-refractivity contribution in [1.82, 2.24) is 19.7 Å². The van der Waals surface area contributed by atoms with E-state index in [1.165, 1.54) is 0 Å². The molecule has 0 bridgehead atoms. The number of rotatable bonds is 5. The molecule has 0 saturated heterocycles. The van der Waals surface area contributed by atoms with Crippen molar-refractivity contribution in [3.8, 4) is 22.6 Å². The topological polar surface area (TPSA) is 91.6 Å². The van der Waals surface area contributed by atoms with Gasteiger partial charge in [-0.15, -0.1) is 5.10 Å². The van der Waals surface area contributed by atoms with Crippen molar-refractivity contribution >= 4 is 28.5 Å². The average Bonchev–Trinajstić information content (AvgIpc) is 3.41. The van der Waals surface area contributed by atoms with Gasteiger partial charge in [0.2, 0.25) is 5.95 Å².